The monoisotopic (exact) mass is 279 g/mol. The van der Waals surface area contributed by atoms with E-state index in [2.05, 4.69) is 53.8 Å². The summed E-state index contributed by atoms with van der Waals surface area (Å²) in [5, 5.41) is 7.11. The second-order valence-electron chi connectivity index (χ2n) is 5.27. The number of hydrogen-bond acceptors (Lipinski definition) is 1. The lowest BCUT2D eigenvalue weighted by molar-refractivity contribution is 0.770. The van der Waals surface area contributed by atoms with E-state index >= 15 is 0 Å². The molecule has 1 heterocycles. The lowest BCUT2D eigenvalue weighted by Gasteiger charge is -2.28. The molecule has 1 unspecified atom stereocenters. The van der Waals surface area contributed by atoms with Crippen LogP contribution in [0.15, 0.2) is 60.7 Å². The molecule has 0 spiro atoms. The van der Waals surface area contributed by atoms with Crippen LogP contribution in [-0.2, 0) is 6.42 Å². The first-order chi connectivity index (χ1) is 9.81. The van der Waals surface area contributed by atoms with Crippen molar-refractivity contribution in [3.63, 3.8) is 0 Å². The molecule has 3 aromatic carbocycles. The van der Waals surface area contributed by atoms with Crippen LogP contribution in [-0.4, -0.2) is 0 Å². The molecular weight excluding hydrogens is 266 g/mol. The minimum atomic E-state index is 0.313. The summed E-state index contributed by atoms with van der Waals surface area (Å²) in [5.74, 6) is 0. The molecule has 2 heteroatoms. The molecule has 1 nitrogen and oxygen atoms in total. The highest BCUT2D eigenvalue weighted by Gasteiger charge is 2.20. The quantitative estimate of drug-likeness (QED) is 0.645. The van der Waals surface area contributed by atoms with Crippen LogP contribution in [0.2, 0.25) is 5.02 Å². The smallest absolute Gasteiger partial charge is 0.0554 e. The third-order valence-corrected chi connectivity index (χ3v) is 4.27. The molecule has 0 bridgehead atoms. The van der Waals surface area contributed by atoms with Crippen LogP contribution < -0.4 is 5.32 Å². The van der Waals surface area contributed by atoms with E-state index in [9.17, 15) is 0 Å². The van der Waals surface area contributed by atoms with Crippen molar-refractivity contribution in [2.24, 2.45) is 0 Å². The molecule has 1 N–H and O–H groups in total. The molecule has 0 aromatic heterocycles. The number of anilines is 1. The molecule has 0 saturated heterocycles. The normalized spacial score (nSPS) is 16.9. The molecule has 0 amide bonds. The van der Waals surface area contributed by atoms with Crippen molar-refractivity contribution in [2.75, 3.05) is 5.32 Å². The lowest BCUT2D eigenvalue weighted by atomic mass is 9.90. The van der Waals surface area contributed by atoms with E-state index in [1.54, 1.807) is 0 Å². The summed E-state index contributed by atoms with van der Waals surface area (Å²) in [4.78, 5) is 0. The maximum atomic E-state index is 5.98. The van der Waals surface area contributed by atoms with E-state index in [0.29, 0.717) is 6.04 Å². The van der Waals surface area contributed by atoms with Gasteiger partial charge in [-0.15, -0.1) is 0 Å². The topological polar surface area (TPSA) is 12.0 Å². The minimum Gasteiger partial charge on any atom is -0.377 e. The van der Waals surface area contributed by atoms with E-state index in [1.807, 2.05) is 12.1 Å². The number of benzene rings is 3. The van der Waals surface area contributed by atoms with Crippen LogP contribution in [0.5, 0.6) is 0 Å². The van der Waals surface area contributed by atoms with Gasteiger partial charge in [0.05, 0.1) is 6.04 Å². The first-order valence-electron chi connectivity index (χ1n) is 6.84. The Morgan fingerprint density at radius 1 is 0.900 bits per heavy atom. The first-order valence-corrected chi connectivity index (χ1v) is 7.22. The van der Waals surface area contributed by atoms with Gasteiger partial charge < -0.3 is 5.32 Å². The van der Waals surface area contributed by atoms with Crippen molar-refractivity contribution in [1.29, 1.82) is 0 Å². The van der Waals surface area contributed by atoms with Crippen molar-refractivity contribution < 1.29 is 0 Å². The molecule has 3 aromatic rings. The first kappa shape index (κ1) is 11.8. The van der Waals surface area contributed by atoms with Crippen LogP contribution in [0.1, 0.15) is 17.2 Å². The van der Waals surface area contributed by atoms with Gasteiger partial charge in [0.15, 0.2) is 0 Å². The highest BCUT2D eigenvalue weighted by molar-refractivity contribution is 6.30. The molecule has 0 radical (unpaired) electrons. The summed E-state index contributed by atoms with van der Waals surface area (Å²) in [5.41, 5.74) is 3.92. The highest BCUT2D eigenvalue weighted by atomic mass is 35.5. The molecule has 1 aliphatic heterocycles. The van der Waals surface area contributed by atoms with E-state index < -0.39 is 0 Å². The fraction of sp³-hybridized carbons (Fsp3) is 0.111. The van der Waals surface area contributed by atoms with Gasteiger partial charge in [0.2, 0.25) is 0 Å². The summed E-state index contributed by atoms with van der Waals surface area (Å²) in [6, 6.07) is 21.4. The molecule has 1 aliphatic rings. The lowest BCUT2D eigenvalue weighted by Crippen LogP contribution is -2.18. The zero-order chi connectivity index (χ0) is 13.5. The van der Waals surface area contributed by atoms with E-state index in [1.165, 1.54) is 27.6 Å². The SMILES string of the molecule is Clc1ccc(C2Cc3cccc4cccc(c34)N2)cc1. The molecule has 0 aliphatic carbocycles. The van der Waals surface area contributed by atoms with Crippen molar-refractivity contribution in [3.05, 3.63) is 76.8 Å². The molecule has 0 fully saturated rings. The van der Waals surface area contributed by atoms with Crippen molar-refractivity contribution in [2.45, 2.75) is 12.5 Å². The molecule has 98 valence electrons. The Morgan fingerprint density at radius 2 is 1.65 bits per heavy atom. The predicted molar refractivity (Wildman–Crippen MR) is 85.5 cm³/mol. The number of halogens is 1. The second-order valence-corrected chi connectivity index (χ2v) is 5.71. The third kappa shape index (κ3) is 1.86. The zero-order valence-electron chi connectivity index (χ0n) is 10.9. The Bertz CT molecular complexity index is 736. The average molecular weight is 280 g/mol. The summed E-state index contributed by atoms with van der Waals surface area (Å²) >= 11 is 5.98. The Hall–Kier alpha value is -1.99. The Labute approximate surface area is 123 Å². The maximum absolute atomic E-state index is 5.98. The fourth-order valence-electron chi connectivity index (χ4n) is 3.06. The summed E-state index contributed by atoms with van der Waals surface area (Å²) < 4.78 is 0. The van der Waals surface area contributed by atoms with Crippen molar-refractivity contribution in [1.82, 2.24) is 0 Å². The van der Waals surface area contributed by atoms with Crippen LogP contribution >= 0.6 is 11.6 Å². The summed E-state index contributed by atoms with van der Waals surface area (Å²) in [6.07, 6.45) is 1.01. The van der Waals surface area contributed by atoms with Crippen molar-refractivity contribution >= 4 is 28.1 Å². The Balaban J connectivity index is 1.81. The third-order valence-electron chi connectivity index (χ3n) is 4.02. The maximum Gasteiger partial charge on any atom is 0.0554 e. The van der Waals surface area contributed by atoms with Crippen LogP contribution in [0.25, 0.3) is 10.8 Å². The van der Waals surface area contributed by atoms with E-state index in [0.717, 1.165) is 11.4 Å². The standard InChI is InChI=1S/C18H14ClN/c19-15-9-7-12(8-10-15)17-11-14-5-1-3-13-4-2-6-16(20-17)18(13)14/h1-10,17,20H,11H2. The number of nitrogens with one attached hydrogen (secondary N) is 1. The van der Waals surface area contributed by atoms with Crippen LogP contribution in [0.3, 0.4) is 0 Å². The summed E-state index contributed by atoms with van der Waals surface area (Å²) in [6.45, 7) is 0. The molecule has 4 rings (SSSR count). The van der Waals surface area contributed by atoms with E-state index in [4.69, 9.17) is 11.6 Å². The van der Waals surface area contributed by atoms with Crippen LogP contribution in [0.4, 0.5) is 5.69 Å². The van der Waals surface area contributed by atoms with Gasteiger partial charge in [0.1, 0.15) is 0 Å². The zero-order valence-corrected chi connectivity index (χ0v) is 11.7. The average Bonchev–Trinajstić information content (AvgIpc) is 2.48. The predicted octanol–water partition coefficient (Wildman–Crippen LogP) is 5.20. The van der Waals surface area contributed by atoms with Gasteiger partial charge in [-0.25, -0.2) is 0 Å². The van der Waals surface area contributed by atoms with Gasteiger partial charge in [0, 0.05) is 16.1 Å². The molecule has 0 saturated carbocycles. The summed E-state index contributed by atoms with van der Waals surface area (Å²) in [7, 11) is 0. The largest absolute Gasteiger partial charge is 0.377 e. The molecule has 1 atom stereocenters. The minimum absolute atomic E-state index is 0.313. The van der Waals surface area contributed by atoms with Crippen molar-refractivity contribution in [3.8, 4) is 0 Å². The highest BCUT2D eigenvalue weighted by Crippen LogP contribution is 2.37. The van der Waals surface area contributed by atoms with Gasteiger partial charge in [-0.3, -0.25) is 0 Å². The second kappa shape index (κ2) is 4.53. The van der Waals surface area contributed by atoms with Gasteiger partial charge in [-0.05, 0) is 41.1 Å². The van der Waals surface area contributed by atoms with Gasteiger partial charge in [-0.1, -0.05) is 54.1 Å². The van der Waals surface area contributed by atoms with E-state index in [-0.39, 0.29) is 0 Å². The van der Waals surface area contributed by atoms with Gasteiger partial charge in [0.25, 0.3) is 0 Å². The van der Waals surface area contributed by atoms with Gasteiger partial charge in [-0.2, -0.15) is 0 Å². The van der Waals surface area contributed by atoms with Gasteiger partial charge >= 0.3 is 0 Å². The van der Waals surface area contributed by atoms with Crippen LogP contribution in [0, 0.1) is 0 Å². The number of rotatable bonds is 1. The Morgan fingerprint density at radius 3 is 2.45 bits per heavy atom. The fourth-order valence-corrected chi connectivity index (χ4v) is 3.19. The molecule has 20 heavy (non-hydrogen) atoms. The Kier molecular flexibility index (Phi) is 2.68. The number of hydrogen-bond donors (Lipinski definition) is 1. The molecular formula is C18H14ClN.